The van der Waals surface area contributed by atoms with E-state index in [0.29, 0.717) is 0 Å². The maximum atomic E-state index is 8.52. The summed E-state index contributed by atoms with van der Waals surface area (Å²) in [6.07, 6.45) is 0. The Hall–Kier alpha value is 1.75. The molecule has 0 aliphatic carbocycles. The summed E-state index contributed by atoms with van der Waals surface area (Å²) in [5.74, 6) is 0. The Labute approximate surface area is 72.3 Å². The summed E-state index contributed by atoms with van der Waals surface area (Å²) in [6.45, 7) is 0. The van der Waals surface area contributed by atoms with Gasteiger partial charge in [0.2, 0.25) is 0 Å². The van der Waals surface area contributed by atoms with Crippen LogP contribution in [0.15, 0.2) is 0 Å². The van der Waals surface area contributed by atoms with Crippen LogP contribution in [0.5, 0.6) is 0 Å². The van der Waals surface area contributed by atoms with Gasteiger partial charge in [-0.1, -0.05) is 0 Å². The fourth-order valence-corrected chi connectivity index (χ4v) is 0. The molecule has 0 aromatic heterocycles. The van der Waals surface area contributed by atoms with Crippen LogP contribution in [0, 0.1) is 0 Å². The van der Waals surface area contributed by atoms with Crippen molar-refractivity contribution >= 4 is 0 Å². The molecule has 1 radical (unpaired) electrons. The quantitative estimate of drug-likeness (QED) is 0.353. The van der Waals surface area contributed by atoms with Crippen molar-refractivity contribution < 1.29 is 73.0 Å². The zero-order valence-electron chi connectivity index (χ0n) is 2.94. The van der Waals surface area contributed by atoms with Crippen LogP contribution in [0.3, 0.4) is 0 Å². The van der Waals surface area contributed by atoms with E-state index in [1.165, 1.54) is 0 Å². The van der Waals surface area contributed by atoms with Gasteiger partial charge in [-0.05, 0) is 0 Å². The van der Waals surface area contributed by atoms with Crippen LogP contribution < -0.4 is 37.9 Å². The fourth-order valence-electron chi connectivity index (χ4n) is 0. The Balaban J connectivity index is -0.0000000450. The van der Waals surface area contributed by atoms with Crippen molar-refractivity contribution in [3.63, 3.8) is 0 Å². The maximum absolute atomic E-state index is 8.52. The molecule has 0 spiro atoms. The molecule has 0 unspecified atom stereocenters. The van der Waals surface area contributed by atoms with E-state index in [2.05, 4.69) is 0 Å². The van der Waals surface area contributed by atoms with Gasteiger partial charge in [0.15, 0.2) is 0 Å². The Morgan fingerprint density at radius 2 is 1.33 bits per heavy atom. The van der Waals surface area contributed by atoms with E-state index >= 15 is 0 Å². The molecule has 6 heteroatoms. The average Bonchev–Trinajstić information content (AvgIpc) is 0.811. The Morgan fingerprint density at radius 3 is 1.33 bits per heavy atom. The monoisotopic (exact) mass is 185 g/mol. The molecule has 0 saturated heterocycles. The van der Waals surface area contributed by atoms with E-state index in [-0.39, 0.29) is 46.3 Å². The second-order valence-electron chi connectivity index (χ2n) is 0.189. The molecule has 0 amide bonds. The molecule has 0 aromatic carbocycles. The van der Waals surface area contributed by atoms with Crippen LogP contribution in [0.1, 0.15) is 0 Å². The van der Waals surface area contributed by atoms with Gasteiger partial charge >= 0.3 is 73.0 Å². The fraction of sp³-hybridized carbons (Fsp3) is 0. The Bertz CT molecular complexity index is 33.8. The summed E-state index contributed by atoms with van der Waals surface area (Å²) in [7, 11) is 0. The van der Waals surface area contributed by atoms with Crippen LogP contribution in [-0.4, -0.2) is 0 Å². The number of hydrogen-bond donors (Lipinski definition) is 0. The summed E-state index contributed by atoms with van der Waals surface area (Å²) in [4.78, 5) is 0. The average molecular weight is 185 g/mol. The molecule has 34 valence electrons. The molecular formula is CoMnNaO3+. The van der Waals surface area contributed by atoms with Crippen LogP contribution in [0.4, 0.5) is 0 Å². The van der Waals surface area contributed by atoms with Crippen molar-refractivity contribution in [3.05, 3.63) is 0 Å². The summed E-state index contributed by atoms with van der Waals surface area (Å²) >= 11 is -3.65. The first-order valence-electron chi connectivity index (χ1n) is 0.463. The van der Waals surface area contributed by atoms with Crippen molar-refractivity contribution in [1.29, 1.82) is 0 Å². The first-order valence-corrected chi connectivity index (χ1v) is 1.91. The molecule has 0 rings (SSSR count). The molecule has 3 nitrogen and oxygen atoms in total. The SMILES string of the molecule is [Co+2].[Na+].[O]=[Mn]([O-])[O-]. The van der Waals surface area contributed by atoms with Crippen LogP contribution in [-0.2, 0) is 35.1 Å². The molecule has 0 saturated carbocycles. The molecule has 0 atom stereocenters. The molecule has 0 aliphatic heterocycles. The van der Waals surface area contributed by atoms with Gasteiger partial charge in [-0.2, -0.15) is 0 Å². The first kappa shape index (κ1) is 15.7. The van der Waals surface area contributed by atoms with Gasteiger partial charge in [0, 0.05) is 0 Å². The normalized spacial score (nSPS) is 5.83. The van der Waals surface area contributed by atoms with E-state index < -0.39 is 14.5 Å². The van der Waals surface area contributed by atoms with Crippen molar-refractivity contribution in [2.24, 2.45) is 0 Å². The topological polar surface area (TPSA) is 63.2 Å². The third-order valence-corrected chi connectivity index (χ3v) is 0. The predicted molar refractivity (Wildman–Crippen MR) is 0.686 cm³/mol. The summed E-state index contributed by atoms with van der Waals surface area (Å²) in [6, 6.07) is 0. The van der Waals surface area contributed by atoms with E-state index in [4.69, 9.17) is 12.2 Å². The van der Waals surface area contributed by atoms with Crippen molar-refractivity contribution in [1.82, 2.24) is 0 Å². The molecule has 0 N–H and O–H groups in total. The van der Waals surface area contributed by atoms with Crippen LogP contribution >= 0.6 is 0 Å². The van der Waals surface area contributed by atoms with Gasteiger partial charge in [-0.3, -0.25) is 0 Å². The van der Waals surface area contributed by atoms with E-state index in [0.717, 1.165) is 0 Å². The number of rotatable bonds is 0. The van der Waals surface area contributed by atoms with Crippen LogP contribution in [0.2, 0.25) is 0 Å². The molecule has 0 aromatic rings. The molecule has 0 heterocycles. The second-order valence-corrected chi connectivity index (χ2v) is 0.779. The molecule has 0 fully saturated rings. The molecule has 6 heavy (non-hydrogen) atoms. The van der Waals surface area contributed by atoms with Gasteiger partial charge < -0.3 is 0 Å². The summed E-state index contributed by atoms with van der Waals surface area (Å²) in [5, 5.41) is 0. The molecule has 0 bridgehead atoms. The standard InChI is InChI=1S/Co.Mn.Na.3O/q+2;;+1;;2*-1. The van der Waals surface area contributed by atoms with Crippen molar-refractivity contribution in [3.8, 4) is 0 Å². The van der Waals surface area contributed by atoms with E-state index in [1.54, 1.807) is 0 Å². The third-order valence-electron chi connectivity index (χ3n) is 0. The number of hydrogen-bond acceptors (Lipinski definition) is 3. The zero-order valence-corrected chi connectivity index (χ0v) is 7.16. The van der Waals surface area contributed by atoms with Crippen molar-refractivity contribution in [2.45, 2.75) is 0 Å². The second kappa shape index (κ2) is 9.89. The molecule has 0 aliphatic rings. The molecular weight excluding hydrogens is 185 g/mol. The zero-order chi connectivity index (χ0) is 3.58. The third kappa shape index (κ3) is 42.5. The van der Waals surface area contributed by atoms with Crippen molar-refractivity contribution in [2.75, 3.05) is 0 Å². The van der Waals surface area contributed by atoms with Gasteiger partial charge in [-0.15, -0.1) is 0 Å². The Morgan fingerprint density at radius 1 is 1.33 bits per heavy atom. The van der Waals surface area contributed by atoms with E-state index in [1.807, 2.05) is 0 Å². The minimum atomic E-state index is -3.65. The van der Waals surface area contributed by atoms with Crippen LogP contribution in [0.25, 0.3) is 0 Å². The van der Waals surface area contributed by atoms with Gasteiger partial charge in [-0.25, -0.2) is 0 Å². The Kier molecular flexibility index (Phi) is 25.8. The van der Waals surface area contributed by atoms with Gasteiger partial charge in [0.25, 0.3) is 0 Å². The summed E-state index contributed by atoms with van der Waals surface area (Å²) < 4.78 is 25.6. The first-order chi connectivity index (χ1) is 1.73. The predicted octanol–water partition coefficient (Wildman–Crippen LogP) is -5.50. The summed E-state index contributed by atoms with van der Waals surface area (Å²) in [5.41, 5.74) is 0. The van der Waals surface area contributed by atoms with Gasteiger partial charge in [0.1, 0.15) is 0 Å². The minimum absolute atomic E-state index is 0. The van der Waals surface area contributed by atoms with Gasteiger partial charge in [0.05, 0.1) is 0 Å². The van der Waals surface area contributed by atoms with E-state index in [9.17, 15) is 0 Å².